The molecule has 2 fully saturated rings. The van der Waals surface area contributed by atoms with Crippen LogP contribution in [0.3, 0.4) is 0 Å². The summed E-state index contributed by atoms with van der Waals surface area (Å²) >= 11 is 5.74. The predicted molar refractivity (Wildman–Crippen MR) is 100 cm³/mol. The van der Waals surface area contributed by atoms with E-state index >= 15 is 0 Å². The highest BCUT2D eigenvalue weighted by atomic mass is 35.5. The van der Waals surface area contributed by atoms with E-state index in [0.717, 1.165) is 25.1 Å². The molecule has 2 atom stereocenters. The van der Waals surface area contributed by atoms with Gasteiger partial charge >= 0.3 is 5.97 Å². The smallest absolute Gasteiger partial charge is 0.337 e. The van der Waals surface area contributed by atoms with Crippen LogP contribution in [0.25, 0.3) is 0 Å². The van der Waals surface area contributed by atoms with E-state index in [1.807, 2.05) is 19.0 Å². The van der Waals surface area contributed by atoms with Crippen LogP contribution < -0.4 is 0 Å². The molecule has 1 saturated carbocycles. The van der Waals surface area contributed by atoms with Crippen molar-refractivity contribution in [1.82, 2.24) is 9.21 Å². The van der Waals surface area contributed by atoms with E-state index in [0.29, 0.717) is 13.1 Å². The van der Waals surface area contributed by atoms with Crippen LogP contribution in [0.2, 0.25) is 5.02 Å². The van der Waals surface area contributed by atoms with Crippen molar-refractivity contribution in [2.24, 2.45) is 16.7 Å². The van der Waals surface area contributed by atoms with E-state index in [2.05, 4.69) is 13.8 Å². The van der Waals surface area contributed by atoms with Gasteiger partial charge in [0.25, 0.3) is 0 Å². The summed E-state index contributed by atoms with van der Waals surface area (Å²) in [7, 11) is -0.273. The maximum Gasteiger partial charge on any atom is 0.337 e. The molecule has 1 aromatic carbocycles. The van der Waals surface area contributed by atoms with Crippen molar-refractivity contribution in [1.29, 1.82) is 0 Å². The Hall–Kier alpha value is -1.22. The van der Waals surface area contributed by atoms with Gasteiger partial charge in [0.1, 0.15) is 10.7 Å². The highest BCUT2D eigenvalue weighted by Crippen LogP contribution is 2.63. The number of benzene rings is 1. The second-order valence-electron chi connectivity index (χ2n) is 8.68. The van der Waals surface area contributed by atoms with Crippen molar-refractivity contribution in [2.75, 3.05) is 33.7 Å². The van der Waals surface area contributed by atoms with Gasteiger partial charge in [-0.25, -0.2) is 17.6 Å². The van der Waals surface area contributed by atoms with Gasteiger partial charge in [-0.05, 0) is 44.0 Å². The summed E-state index contributed by atoms with van der Waals surface area (Å²) in [6, 6.07) is 1.57. The molecule has 0 bridgehead atoms. The second kappa shape index (κ2) is 6.40. The molecule has 6 nitrogen and oxygen atoms in total. The van der Waals surface area contributed by atoms with Crippen molar-refractivity contribution in [3.63, 3.8) is 0 Å². The van der Waals surface area contributed by atoms with Gasteiger partial charge in [-0.15, -0.1) is 0 Å². The highest BCUT2D eigenvalue weighted by Gasteiger charge is 2.64. The maximum absolute atomic E-state index is 14.4. The third-order valence-corrected chi connectivity index (χ3v) is 8.01. The number of hydrogen-bond acceptors (Lipinski definition) is 4. The second-order valence-corrected chi connectivity index (χ2v) is 11.0. The molecule has 27 heavy (non-hydrogen) atoms. The Kier molecular flexibility index (Phi) is 4.86. The molecule has 0 spiro atoms. The molecule has 1 saturated heterocycles. The first-order valence-electron chi connectivity index (χ1n) is 8.67. The molecule has 3 rings (SSSR count). The Morgan fingerprint density at radius 3 is 2.56 bits per heavy atom. The number of carbonyl (C=O) groups is 1. The Bertz CT molecular complexity index is 899. The summed E-state index contributed by atoms with van der Waals surface area (Å²) < 4.78 is 42.0. The van der Waals surface area contributed by atoms with Crippen LogP contribution in [0, 0.1) is 22.6 Å². The normalized spacial score (nSPS) is 27.4. The molecule has 1 aromatic rings. The van der Waals surface area contributed by atoms with Crippen molar-refractivity contribution in [3.8, 4) is 0 Å². The highest BCUT2D eigenvalue weighted by molar-refractivity contribution is 7.89. The average Bonchev–Trinajstić information content (AvgIpc) is 2.80. The minimum absolute atomic E-state index is 0.00501. The summed E-state index contributed by atoms with van der Waals surface area (Å²) in [5.41, 5.74) is -0.592. The number of fused-ring (bicyclic) bond motifs is 1. The van der Waals surface area contributed by atoms with Gasteiger partial charge in [0.05, 0.1) is 10.6 Å². The van der Waals surface area contributed by atoms with E-state index in [1.54, 1.807) is 0 Å². The molecule has 9 heteroatoms. The van der Waals surface area contributed by atoms with E-state index < -0.39 is 32.3 Å². The summed E-state index contributed by atoms with van der Waals surface area (Å²) in [4.78, 5) is 12.7. The SMILES string of the molecule is CN(C)C[C@@]12CN(S(=O)(=O)c3cc(C(=O)O)c(Cl)cc3F)C[C@@H]1C(C)(C)C2. The molecular formula is C18H24ClFN2O4S. The molecule has 150 valence electrons. The van der Waals surface area contributed by atoms with Crippen molar-refractivity contribution >= 4 is 27.6 Å². The van der Waals surface area contributed by atoms with Crippen LogP contribution in [0.15, 0.2) is 17.0 Å². The summed E-state index contributed by atoms with van der Waals surface area (Å²) in [5.74, 6) is -2.27. The minimum atomic E-state index is -4.17. The summed E-state index contributed by atoms with van der Waals surface area (Å²) in [5, 5.41) is 8.87. The monoisotopic (exact) mass is 418 g/mol. The lowest BCUT2D eigenvalue weighted by Gasteiger charge is -2.57. The van der Waals surface area contributed by atoms with Crippen LogP contribution in [-0.4, -0.2) is 62.4 Å². The Labute approximate surface area is 164 Å². The molecule has 0 radical (unpaired) electrons. The van der Waals surface area contributed by atoms with Gasteiger partial charge in [0.15, 0.2) is 0 Å². The number of halogens is 2. The topological polar surface area (TPSA) is 77.9 Å². The molecule has 0 aromatic heterocycles. The first-order chi connectivity index (χ1) is 12.3. The van der Waals surface area contributed by atoms with E-state index in [4.69, 9.17) is 11.6 Å². The molecule has 1 N–H and O–H groups in total. The number of nitrogens with zero attached hydrogens (tertiary/aromatic N) is 2. The third kappa shape index (κ3) is 3.26. The van der Waals surface area contributed by atoms with E-state index in [-0.39, 0.29) is 21.8 Å². The van der Waals surface area contributed by atoms with Gasteiger partial charge in [0.2, 0.25) is 10.0 Å². The van der Waals surface area contributed by atoms with Gasteiger partial charge < -0.3 is 10.0 Å². The number of rotatable bonds is 5. The van der Waals surface area contributed by atoms with Gasteiger partial charge in [-0.2, -0.15) is 4.31 Å². The first kappa shape index (κ1) is 20.5. The largest absolute Gasteiger partial charge is 0.478 e. The summed E-state index contributed by atoms with van der Waals surface area (Å²) in [6.07, 6.45) is 0.887. The standard InChI is InChI=1S/C18H24ClFN2O4S/c1-17(2)8-18(9-21(3)4)10-22(7-15(17)18)27(25,26)14-5-11(16(23)24)12(19)6-13(14)20/h5-6,15H,7-10H2,1-4H3,(H,23,24)/t15-,18+/m1/s1. The zero-order valence-corrected chi connectivity index (χ0v) is 17.4. The number of sulfonamides is 1. The predicted octanol–water partition coefficient (Wildman–Crippen LogP) is 2.78. The number of aromatic carboxylic acids is 1. The van der Waals surface area contributed by atoms with E-state index in [9.17, 15) is 22.7 Å². The first-order valence-corrected chi connectivity index (χ1v) is 10.5. The molecule has 0 amide bonds. The maximum atomic E-state index is 14.4. The van der Waals surface area contributed by atoms with Crippen LogP contribution in [0.5, 0.6) is 0 Å². The molecule has 1 aliphatic heterocycles. The zero-order chi connectivity index (χ0) is 20.4. The average molecular weight is 419 g/mol. The van der Waals surface area contributed by atoms with Crippen LogP contribution in [0.1, 0.15) is 30.6 Å². The lowest BCUT2D eigenvalue weighted by Crippen LogP contribution is -2.57. The molecule has 1 heterocycles. The van der Waals surface area contributed by atoms with Crippen LogP contribution in [0.4, 0.5) is 4.39 Å². The van der Waals surface area contributed by atoms with Crippen molar-refractivity contribution < 1.29 is 22.7 Å². The van der Waals surface area contributed by atoms with Crippen molar-refractivity contribution in [2.45, 2.75) is 25.2 Å². The molecule has 0 unspecified atom stereocenters. The van der Waals surface area contributed by atoms with Crippen LogP contribution >= 0.6 is 11.6 Å². The lowest BCUT2D eigenvalue weighted by atomic mass is 9.48. The fourth-order valence-electron chi connectivity index (χ4n) is 5.14. The molecule has 2 aliphatic rings. The fourth-order valence-corrected chi connectivity index (χ4v) is 6.99. The summed E-state index contributed by atoms with van der Waals surface area (Å²) in [6.45, 7) is 5.58. The third-order valence-electron chi connectivity index (χ3n) is 5.87. The Balaban J connectivity index is 2.00. The Morgan fingerprint density at radius 1 is 1.41 bits per heavy atom. The zero-order valence-electron chi connectivity index (χ0n) is 15.8. The molecular weight excluding hydrogens is 395 g/mol. The van der Waals surface area contributed by atoms with Gasteiger partial charge in [-0.3, -0.25) is 0 Å². The van der Waals surface area contributed by atoms with Crippen LogP contribution in [-0.2, 0) is 10.0 Å². The number of carboxylic acids is 1. The quantitative estimate of drug-likeness (QED) is 0.795. The van der Waals surface area contributed by atoms with Crippen molar-refractivity contribution in [3.05, 3.63) is 28.5 Å². The van der Waals surface area contributed by atoms with E-state index in [1.165, 1.54) is 4.31 Å². The Morgan fingerprint density at radius 2 is 2.04 bits per heavy atom. The lowest BCUT2D eigenvalue weighted by molar-refractivity contribution is -0.0789. The number of carboxylic acid groups (broad SMARTS) is 1. The minimum Gasteiger partial charge on any atom is -0.478 e. The van der Waals surface area contributed by atoms with Gasteiger partial charge in [0, 0.05) is 25.0 Å². The number of hydrogen-bond donors (Lipinski definition) is 1. The fraction of sp³-hybridized carbons (Fsp3) is 0.611. The van der Waals surface area contributed by atoms with Gasteiger partial charge in [-0.1, -0.05) is 25.4 Å². The molecule has 1 aliphatic carbocycles.